The normalized spacial score (nSPS) is 16.0. The number of likely N-dealkylation sites (tertiary alicyclic amines) is 1. The Bertz CT molecular complexity index is 1010. The van der Waals surface area contributed by atoms with E-state index in [0.717, 1.165) is 35.8 Å². The molecule has 0 aromatic heterocycles. The predicted octanol–water partition coefficient (Wildman–Crippen LogP) is 3.28. The van der Waals surface area contributed by atoms with Crippen LogP contribution in [0.3, 0.4) is 0 Å². The summed E-state index contributed by atoms with van der Waals surface area (Å²) in [5, 5.41) is 2.79. The van der Waals surface area contributed by atoms with Gasteiger partial charge in [0.1, 0.15) is 11.9 Å². The van der Waals surface area contributed by atoms with Crippen LogP contribution in [0.25, 0.3) is 0 Å². The number of para-hydroxylation sites is 1. The lowest BCUT2D eigenvalue weighted by molar-refractivity contribution is -0.122. The zero-order valence-electron chi connectivity index (χ0n) is 18.1. The number of amides is 1. The van der Waals surface area contributed by atoms with Crippen molar-refractivity contribution in [2.75, 3.05) is 23.7 Å². The van der Waals surface area contributed by atoms with Crippen molar-refractivity contribution in [3.63, 3.8) is 0 Å². The van der Waals surface area contributed by atoms with Crippen LogP contribution in [0.5, 0.6) is 0 Å². The summed E-state index contributed by atoms with van der Waals surface area (Å²) in [6.45, 7) is 4.82. The van der Waals surface area contributed by atoms with E-state index in [1.165, 1.54) is 56.0 Å². The van der Waals surface area contributed by atoms with Crippen LogP contribution in [-0.2, 0) is 27.9 Å². The number of carbonyl (C=O) groups excluding carboxylic acids is 1. The minimum Gasteiger partial charge on any atom is -0.350 e. The van der Waals surface area contributed by atoms with Crippen molar-refractivity contribution in [2.24, 2.45) is 0 Å². The molecule has 1 amide bonds. The first-order valence-electron chi connectivity index (χ1n) is 10.6. The van der Waals surface area contributed by atoms with E-state index in [4.69, 9.17) is 0 Å². The second kappa shape index (κ2) is 10.2. The van der Waals surface area contributed by atoms with E-state index < -0.39 is 27.8 Å². The third-order valence-electron chi connectivity index (χ3n) is 5.49. The fourth-order valence-electron chi connectivity index (χ4n) is 3.96. The van der Waals surface area contributed by atoms with Gasteiger partial charge in [-0.2, -0.15) is 0 Å². The average molecular weight is 448 g/mol. The molecule has 1 heterocycles. The van der Waals surface area contributed by atoms with Gasteiger partial charge < -0.3 is 5.32 Å². The fourth-order valence-corrected chi connectivity index (χ4v) is 5.14. The Morgan fingerprint density at radius 3 is 2.45 bits per heavy atom. The Labute approximate surface area is 184 Å². The number of piperidine rings is 1. The Kier molecular flexibility index (Phi) is 7.67. The molecule has 8 heteroatoms. The molecule has 1 unspecified atom stereocenters. The van der Waals surface area contributed by atoms with Crippen LogP contribution < -0.4 is 9.62 Å². The van der Waals surface area contributed by atoms with E-state index in [9.17, 15) is 17.6 Å². The number of sulfonamides is 1. The van der Waals surface area contributed by atoms with Crippen molar-refractivity contribution in [3.8, 4) is 0 Å². The lowest BCUT2D eigenvalue weighted by Crippen LogP contribution is -2.48. The first kappa shape index (κ1) is 23.2. The number of halogens is 1. The molecule has 1 atom stereocenters. The molecule has 1 N–H and O–H groups in total. The summed E-state index contributed by atoms with van der Waals surface area (Å²) in [5.41, 5.74) is 1.98. The van der Waals surface area contributed by atoms with Crippen LogP contribution in [0, 0.1) is 5.82 Å². The molecule has 1 fully saturated rings. The summed E-state index contributed by atoms with van der Waals surface area (Å²) in [6, 6.07) is 12.5. The molecular weight excluding hydrogens is 417 g/mol. The minimum absolute atomic E-state index is 0.142. The predicted molar refractivity (Wildman–Crippen MR) is 121 cm³/mol. The molecule has 0 spiro atoms. The molecule has 0 radical (unpaired) electrons. The lowest BCUT2D eigenvalue weighted by atomic mass is 10.1. The molecule has 168 valence electrons. The molecule has 1 saturated heterocycles. The van der Waals surface area contributed by atoms with E-state index in [2.05, 4.69) is 22.3 Å². The Hall–Kier alpha value is -2.45. The smallest absolute Gasteiger partial charge is 0.243 e. The van der Waals surface area contributed by atoms with Crippen LogP contribution >= 0.6 is 0 Å². The largest absolute Gasteiger partial charge is 0.350 e. The first-order valence-corrected chi connectivity index (χ1v) is 12.4. The van der Waals surface area contributed by atoms with E-state index in [0.29, 0.717) is 0 Å². The quantitative estimate of drug-likeness (QED) is 0.674. The Morgan fingerprint density at radius 2 is 1.77 bits per heavy atom. The SMILES string of the molecule is CC(C(=O)NCc1cccc(CN2CCCCC2)c1)N(c1ccccc1F)S(C)(=O)=O. The highest BCUT2D eigenvalue weighted by molar-refractivity contribution is 7.92. The van der Waals surface area contributed by atoms with Crippen molar-refractivity contribution in [1.29, 1.82) is 0 Å². The van der Waals surface area contributed by atoms with E-state index in [-0.39, 0.29) is 12.2 Å². The van der Waals surface area contributed by atoms with E-state index >= 15 is 0 Å². The summed E-state index contributed by atoms with van der Waals surface area (Å²) >= 11 is 0. The number of carbonyl (C=O) groups is 1. The molecule has 3 rings (SSSR count). The summed E-state index contributed by atoms with van der Waals surface area (Å²) < 4.78 is 39.7. The van der Waals surface area contributed by atoms with Gasteiger partial charge >= 0.3 is 0 Å². The third-order valence-corrected chi connectivity index (χ3v) is 6.72. The van der Waals surface area contributed by atoms with Gasteiger partial charge in [0, 0.05) is 13.1 Å². The lowest BCUT2D eigenvalue weighted by Gasteiger charge is -2.28. The standard InChI is InChI=1S/C23H30FN3O3S/c1-18(27(31(2,29)30)22-12-5-4-11-21(22)24)23(28)25-16-19-9-8-10-20(15-19)17-26-13-6-3-7-14-26/h4-5,8-12,15,18H,3,6-7,13-14,16-17H2,1-2H3,(H,25,28). The summed E-state index contributed by atoms with van der Waals surface area (Å²) in [5.74, 6) is -1.19. The number of hydrogen-bond acceptors (Lipinski definition) is 4. The number of benzene rings is 2. The third kappa shape index (κ3) is 6.27. The number of rotatable bonds is 8. The summed E-state index contributed by atoms with van der Waals surface area (Å²) in [7, 11) is -3.86. The van der Waals surface area contributed by atoms with Crippen molar-refractivity contribution >= 4 is 21.6 Å². The number of hydrogen-bond donors (Lipinski definition) is 1. The molecule has 1 aliphatic rings. The van der Waals surface area contributed by atoms with Gasteiger partial charge in [0.2, 0.25) is 15.9 Å². The van der Waals surface area contributed by atoms with Crippen LogP contribution in [0.2, 0.25) is 0 Å². The van der Waals surface area contributed by atoms with Gasteiger partial charge in [0.15, 0.2) is 0 Å². The van der Waals surface area contributed by atoms with Crippen LogP contribution in [0.1, 0.15) is 37.3 Å². The molecule has 2 aromatic carbocycles. The first-order chi connectivity index (χ1) is 14.8. The topological polar surface area (TPSA) is 69.7 Å². The Balaban J connectivity index is 1.66. The average Bonchev–Trinajstić information content (AvgIpc) is 2.73. The van der Waals surface area contributed by atoms with Gasteiger partial charge in [0.05, 0.1) is 11.9 Å². The van der Waals surface area contributed by atoms with E-state index in [1.807, 2.05) is 12.1 Å². The second-order valence-corrected chi connectivity index (χ2v) is 9.92. The van der Waals surface area contributed by atoms with Crippen LogP contribution in [0.15, 0.2) is 48.5 Å². The number of nitrogens with zero attached hydrogens (tertiary/aromatic N) is 2. The van der Waals surface area contributed by atoms with Crippen molar-refractivity contribution in [1.82, 2.24) is 10.2 Å². The summed E-state index contributed by atoms with van der Waals surface area (Å²) in [4.78, 5) is 15.2. The molecular formula is C23H30FN3O3S. The van der Waals surface area contributed by atoms with Crippen molar-refractivity contribution in [2.45, 2.75) is 45.3 Å². The van der Waals surface area contributed by atoms with Crippen molar-refractivity contribution in [3.05, 3.63) is 65.5 Å². The highest BCUT2D eigenvalue weighted by Gasteiger charge is 2.30. The van der Waals surface area contributed by atoms with Crippen LogP contribution in [-0.4, -0.2) is 44.6 Å². The van der Waals surface area contributed by atoms with Gasteiger partial charge in [0.25, 0.3) is 0 Å². The molecule has 1 aliphatic heterocycles. The van der Waals surface area contributed by atoms with Crippen LogP contribution in [0.4, 0.5) is 10.1 Å². The van der Waals surface area contributed by atoms with Gasteiger partial charge in [-0.25, -0.2) is 12.8 Å². The zero-order valence-corrected chi connectivity index (χ0v) is 18.9. The van der Waals surface area contributed by atoms with Gasteiger partial charge in [-0.05, 0) is 56.1 Å². The molecule has 0 bridgehead atoms. The minimum atomic E-state index is -3.86. The number of anilines is 1. The zero-order chi connectivity index (χ0) is 22.4. The molecule has 6 nitrogen and oxygen atoms in total. The maximum atomic E-state index is 14.2. The van der Waals surface area contributed by atoms with E-state index in [1.54, 1.807) is 0 Å². The van der Waals surface area contributed by atoms with Crippen molar-refractivity contribution < 1.29 is 17.6 Å². The maximum absolute atomic E-state index is 14.2. The molecule has 2 aromatic rings. The highest BCUT2D eigenvalue weighted by Crippen LogP contribution is 2.24. The maximum Gasteiger partial charge on any atom is 0.243 e. The second-order valence-electron chi connectivity index (χ2n) is 8.06. The molecule has 0 saturated carbocycles. The highest BCUT2D eigenvalue weighted by atomic mass is 32.2. The number of nitrogens with one attached hydrogen (secondary N) is 1. The van der Waals surface area contributed by atoms with Gasteiger partial charge in [-0.15, -0.1) is 0 Å². The fraction of sp³-hybridized carbons (Fsp3) is 0.435. The molecule has 0 aliphatic carbocycles. The monoisotopic (exact) mass is 447 g/mol. The van der Waals surface area contributed by atoms with Gasteiger partial charge in [-0.3, -0.25) is 14.0 Å². The molecule has 31 heavy (non-hydrogen) atoms. The Morgan fingerprint density at radius 1 is 1.10 bits per heavy atom. The summed E-state index contributed by atoms with van der Waals surface area (Å²) in [6.07, 6.45) is 4.71. The van der Waals surface area contributed by atoms with Gasteiger partial charge in [-0.1, -0.05) is 42.8 Å².